The van der Waals surface area contributed by atoms with Crippen LogP contribution in [0.4, 0.5) is 9.80 Å². The van der Waals surface area contributed by atoms with E-state index >= 15 is 0 Å². The highest BCUT2D eigenvalue weighted by Gasteiger charge is 2.19. The Kier molecular flexibility index (Phi) is 5.02. The second kappa shape index (κ2) is 6.76. The molecule has 0 aromatic carbocycles. The average Bonchev–Trinajstić information content (AvgIpc) is 2.74. The maximum atomic E-state index is 12.0. The number of anilines is 1. The summed E-state index contributed by atoms with van der Waals surface area (Å²) in [7, 11) is 0. The number of urea groups is 1. The molecule has 0 atom stereocenters. The number of hydrogen-bond donors (Lipinski definition) is 2. The third kappa shape index (κ3) is 3.31. The van der Waals surface area contributed by atoms with Crippen molar-refractivity contribution in [2.45, 2.75) is 58.4 Å². The number of thiophene rings is 1. The molecular weight excluding hydrogens is 270 g/mol. The molecule has 1 heterocycles. The minimum absolute atomic E-state index is 0.183. The van der Waals surface area contributed by atoms with Gasteiger partial charge in [0.25, 0.3) is 0 Å². The zero-order chi connectivity index (χ0) is 14.5. The molecule has 0 aliphatic heterocycles. The van der Waals surface area contributed by atoms with E-state index in [1.54, 1.807) is 0 Å². The van der Waals surface area contributed by atoms with E-state index < -0.39 is 0 Å². The zero-order valence-corrected chi connectivity index (χ0v) is 12.9. The van der Waals surface area contributed by atoms with Gasteiger partial charge in [-0.1, -0.05) is 26.2 Å². The third-order valence-electron chi connectivity index (χ3n) is 3.84. The van der Waals surface area contributed by atoms with E-state index in [1.165, 1.54) is 30.6 Å². The van der Waals surface area contributed by atoms with Crippen LogP contribution in [0.25, 0.3) is 0 Å². The van der Waals surface area contributed by atoms with Crippen molar-refractivity contribution in [1.82, 2.24) is 5.32 Å². The van der Waals surface area contributed by atoms with Crippen molar-refractivity contribution in [3.05, 3.63) is 16.0 Å². The first-order chi connectivity index (χ1) is 9.65. The lowest BCUT2D eigenvalue weighted by molar-refractivity contribution is 0.244. The summed E-state index contributed by atoms with van der Waals surface area (Å²) >= 11 is 1.49. The van der Waals surface area contributed by atoms with Crippen molar-refractivity contribution in [1.29, 1.82) is 5.26 Å². The first-order valence-corrected chi connectivity index (χ1v) is 8.07. The van der Waals surface area contributed by atoms with Gasteiger partial charge in [0.15, 0.2) is 0 Å². The molecule has 108 valence electrons. The Morgan fingerprint density at radius 3 is 2.70 bits per heavy atom. The monoisotopic (exact) mass is 291 g/mol. The first kappa shape index (κ1) is 14.9. The minimum Gasteiger partial charge on any atom is -0.335 e. The second-order valence-electron chi connectivity index (χ2n) is 5.24. The SMILES string of the molecule is CCc1c(C)sc(NC(=O)NC2CCCCC2)c1C#N. The van der Waals surface area contributed by atoms with E-state index in [1.807, 2.05) is 13.8 Å². The standard InChI is InChI=1S/C15H21N3OS/c1-3-12-10(2)20-14(13(12)9-16)18-15(19)17-11-7-5-4-6-8-11/h11H,3-8H2,1-2H3,(H2,17,18,19). The molecule has 0 saturated heterocycles. The fourth-order valence-corrected chi connectivity index (χ4v) is 3.87. The summed E-state index contributed by atoms with van der Waals surface area (Å²) in [6, 6.07) is 2.31. The van der Waals surface area contributed by atoms with Gasteiger partial charge in [-0.2, -0.15) is 5.26 Å². The molecule has 1 aromatic rings. The number of nitriles is 1. The maximum Gasteiger partial charge on any atom is 0.320 e. The van der Waals surface area contributed by atoms with Crippen molar-refractivity contribution in [3.8, 4) is 6.07 Å². The number of hydrogen-bond acceptors (Lipinski definition) is 3. The summed E-state index contributed by atoms with van der Waals surface area (Å²) < 4.78 is 0. The van der Waals surface area contributed by atoms with Gasteiger partial charge in [0.1, 0.15) is 11.1 Å². The summed E-state index contributed by atoms with van der Waals surface area (Å²) in [4.78, 5) is 13.1. The molecule has 2 amide bonds. The highest BCUT2D eigenvalue weighted by atomic mass is 32.1. The van der Waals surface area contributed by atoms with Crippen LogP contribution in [0.5, 0.6) is 0 Å². The Morgan fingerprint density at radius 1 is 1.40 bits per heavy atom. The molecule has 0 spiro atoms. The number of carbonyl (C=O) groups is 1. The van der Waals surface area contributed by atoms with Crippen LogP contribution >= 0.6 is 11.3 Å². The molecule has 1 fully saturated rings. The van der Waals surface area contributed by atoms with Gasteiger partial charge < -0.3 is 5.32 Å². The fraction of sp³-hybridized carbons (Fsp3) is 0.600. The number of aryl methyl sites for hydroxylation is 1. The van der Waals surface area contributed by atoms with E-state index in [0.717, 1.165) is 29.7 Å². The van der Waals surface area contributed by atoms with Crippen molar-refractivity contribution >= 4 is 22.4 Å². The van der Waals surface area contributed by atoms with E-state index in [2.05, 4.69) is 16.7 Å². The van der Waals surface area contributed by atoms with Crippen molar-refractivity contribution in [3.63, 3.8) is 0 Å². The minimum atomic E-state index is -0.183. The lowest BCUT2D eigenvalue weighted by atomic mass is 9.96. The number of nitrogens with one attached hydrogen (secondary N) is 2. The van der Waals surface area contributed by atoms with Crippen LogP contribution in [-0.2, 0) is 6.42 Å². The topological polar surface area (TPSA) is 64.9 Å². The number of carbonyl (C=O) groups excluding carboxylic acids is 1. The van der Waals surface area contributed by atoms with Crippen molar-refractivity contribution < 1.29 is 4.79 Å². The maximum absolute atomic E-state index is 12.0. The molecule has 4 nitrogen and oxygen atoms in total. The molecule has 1 aliphatic rings. The summed E-state index contributed by atoms with van der Waals surface area (Å²) in [5.74, 6) is 0. The van der Waals surface area contributed by atoms with Crippen LogP contribution in [0.3, 0.4) is 0 Å². The van der Waals surface area contributed by atoms with Crippen LogP contribution in [0, 0.1) is 18.3 Å². The predicted molar refractivity (Wildman–Crippen MR) is 82.2 cm³/mol. The predicted octanol–water partition coefficient (Wildman–Crippen LogP) is 3.94. The van der Waals surface area contributed by atoms with Gasteiger partial charge in [-0.3, -0.25) is 5.32 Å². The van der Waals surface area contributed by atoms with Gasteiger partial charge in [-0.05, 0) is 31.7 Å². The highest BCUT2D eigenvalue weighted by molar-refractivity contribution is 7.16. The van der Waals surface area contributed by atoms with Gasteiger partial charge in [0.2, 0.25) is 0 Å². The summed E-state index contributed by atoms with van der Waals surface area (Å²) in [6.45, 7) is 4.02. The van der Waals surface area contributed by atoms with Gasteiger partial charge in [0, 0.05) is 10.9 Å². The quantitative estimate of drug-likeness (QED) is 0.885. The Bertz CT molecular complexity index is 524. The Hall–Kier alpha value is -1.54. The van der Waals surface area contributed by atoms with Gasteiger partial charge in [-0.25, -0.2) is 4.79 Å². The normalized spacial score (nSPS) is 15.7. The second-order valence-corrected chi connectivity index (χ2v) is 6.46. The molecule has 1 saturated carbocycles. The number of nitrogens with zero attached hydrogens (tertiary/aromatic N) is 1. The Labute approximate surface area is 124 Å². The van der Waals surface area contributed by atoms with Crippen molar-refractivity contribution in [2.75, 3.05) is 5.32 Å². The molecule has 0 bridgehead atoms. The zero-order valence-electron chi connectivity index (χ0n) is 12.1. The van der Waals surface area contributed by atoms with Crippen LogP contribution in [0.15, 0.2) is 0 Å². The average molecular weight is 291 g/mol. The lowest BCUT2D eigenvalue weighted by Gasteiger charge is -2.22. The van der Waals surface area contributed by atoms with E-state index in [9.17, 15) is 10.1 Å². The smallest absolute Gasteiger partial charge is 0.320 e. The van der Waals surface area contributed by atoms with Crippen LogP contribution in [0.2, 0.25) is 0 Å². The molecule has 0 radical (unpaired) electrons. The molecule has 20 heavy (non-hydrogen) atoms. The van der Waals surface area contributed by atoms with Gasteiger partial charge in [0.05, 0.1) is 5.56 Å². The van der Waals surface area contributed by atoms with Crippen LogP contribution in [0.1, 0.15) is 55.0 Å². The van der Waals surface area contributed by atoms with Crippen LogP contribution in [-0.4, -0.2) is 12.1 Å². The van der Waals surface area contributed by atoms with Gasteiger partial charge >= 0.3 is 6.03 Å². The van der Waals surface area contributed by atoms with Gasteiger partial charge in [-0.15, -0.1) is 11.3 Å². The first-order valence-electron chi connectivity index (χ1n) is 7.25. The lowest BCUT2D eigenvalue weighted by Crippen LogP contribution is -2.38. The Morgan fingerprint density at radius 2 is 2.10 bits per heavy atom. The summed E-state index contributed by atoms with van der Waals surface area (Å²) in [5, 5.41) is 15.8. The largest absolute Gasteiger partial charge is 0.335 e. The summed E-state index contributed by atoms with van der Waals surface area (Å²) in [5.41, 5.74) is 1.67. The van der Waals surface area contributed by atoms with E-state index in [0.29, 0.717) is 10.6 Å². The molecule has 2 N–H and O–H groups in total. The number of rotatable bonds is 3. The molecule has 0 unspecified atom stereocenters. The molecule has 2 rings (SSSR count). The molecule has 1 aromatic heterocycles. The van der Waals surface area contributed by atoms with Crippen molar-refractivity contribution in [2.24, 2.45) is 0 Å². The highest BCUT2D eigenvalue weighted by Crippen LogP contribution is 2.32. The molecule has 5 heteroatoms. The Balaban J connectivity index is 2.02. The third-order valence-corrected chi connectivity index (χ3v) is 4.90. The van der Waals surface area contributed by atoms with E-state index in [-0.39, 0.29) is 12.1 Å². The van der Waals surface area contributed by atoms with Crippen LogP contribution < -0.4 is 10.6 Å². The fourth-order valence-electron chi connectivity index (χ4n) is 2.78. The number of amides is 2. The van der Waals surface area contributed by atoms with E-state index in [4.69, 9.17) is 0 Å². The summed E-state index contributed by atoms with van der Waals surface area (Å²) in [6.07, 6.45) is 6.57. The molecule has 1 aliphatic carbocycles. The molecular formula is C15H21N3OS.